The summed E-state index contributed by atoms with van der Waals surface area (Å²) >= 11 is 0. The second-order valence-corrected chi connectivity index (χ2v) is 6.84. The van der Waals surface area contributed by atoms with Crippen LogP contribution in [0.3, 0.4) is 0 Å². The highest BCUT2D eigenvalue weighted by Gasteiger charge is 2.31. The zero-order valence-electron chi connectivity index (χ0n) is 16.8. The molecule has 7 nitrogen and oxygen atoms in total. The predicted octanol–water partition coefficient (Wildman–Crippen LogP) is 3.31. The molecule has 0 amide bonds. The molecular formula is C20H31ClN4O3. The highest BCUT2D eigenvalue weighted by atomic mass is 35.5. The van der Waals surface area contributed by atoms with Gasteiger partial charge in [0, 0.05) is 25.6 Å². The topological polar surface area (TPSA) is 84.4 Å². The van der Waals surface area contributed by atoms with Gasteiger partial charge in [-0.05, 0) is 57.4 Å². The average Bonchev–Trinajstić information content (AvgIpc) is 3.11. The Bertz CT molecular complexity index is 723. The molecule has 0 radical (unpaired) electrons. The first-order valence-corrected chi connectivity index (χ1v) is 9.72. The summed E-state index contributed by atoms with van der Waals surface area (Å²) in [6.45, 7) is 5.82. The summed E-state index contributed by atoms with van der Waals surface area (Å²) in [5, 5.41) is 4.61. The lowest BCUT2D eigenvalue weighted by molar-refractivity contribution is 0.0480. The highest BCUT2D eigenvalue weighted by Crippen LogP contribution is 2.32. The van der Waals surface area contributed by atoms with E-state index < -0.39 is 0 Å². The monoisotopic (exact) mass is 410 g/mol. The minimum absolute atomic E-state index is 0. The number of aromatic nitrogens is 3. The Morgan fingerprint density at radius 3 is 2.36 bits per heavy atom. The summed E-state index contributed by atoms with van der Waals surface area (Å²) in [6.07, 6.45) is 2.99. The van der Waals surface area contributed by atoms with Gasteiger partial charge in [-0.2, -0.15) is 5.10 Å². The van der Waals surface area contributed by atoms with Crippen LogP contribution in [0.1, 0.15) is 50.7 Å². The molecule has 1 aromatic carbocycles. The molecule has 3 atom stereocenters. The van der Waals surface area contributed by atoms with Gasteiger partial charge in [0.1, 0.15) is 23.9 Å². The Hall–Kier alpha value is -1.83. The van der Waals surface area contributed by atoms with Crippen LogP contribution >= 0.6 is 12.4 Å². The Labute approximate surface area is 173 Å². The lowest BCUT2D eigenvalue weighted by Crippen LogP contribution is -2.41. The quantitative estimate of drug-likeness (QED) is 0.718. The third kappa shape index (κ3) is 5.37. The molecule has 156 valence electrons. The number of methoxy groups -OCH3 is 1. The Kier molecular flexibility index (Phi) is 8.54. The molecule has 0 unspecified atom stereocenters. The van der Waals surface area contributed by atoms with Crippen LogP contribution < -0.4 is 15.2 Å². The van der Waals surface area contributed by atoms with Crippen LogP contribution in [0, 0.1) is 0 Å². The van der Waals surface area contributed by atoms with Crippen molar-refractivity contribution in [2.24, 2.45) is 5.73 Å². The second kappa shape index (κ2) is 10.6. The molecular weight excluding hydrogens is 380 g/mol. The number of ether oxygens (including phenoxy) is 3. The summed E-state index contributed by atoms with van der Waals surface area (Å²) in [5.41, 5.74) is 6.27. The van der Waals surface area contributed by atoms with Gasteiger partial charge in [0.2, 0.25) is 0 Å². The van der Waals surface area contributed by atoms with E-state index in [4.69, 9.17) is 24.9 Å². The zero-order valence-corrected chi connectivity index (χ0v) is 17.7. The second-order valence-electron chi connectivity index (χ2n) is 6.84. The fourth-order valence-electron chi connectivity index (χ4n) is 3.65. The fraction of sp³-hybridized carbons (Fsp3) is 0.600. The first-order valence-electron chi connectivity index (χ1n) is 9.72. The van der Waals surface area contributed by atoms with Crippen LogP contribution in [0.4, 0.5) is 0 Å². The maximum atomic E-state index is 6.27. The van der Waals surface area contributed by atoms with E-state index in [1.807, 2.05) is 35.9 Å². The number of benzene rings is 1. The molecule has 1 saturated carbocycles. The average molecular weight is 411 g/mol. The number of hydrogen-bond acceptors (Lipinski definition) is 6. The Morgan fingerprint density at radius 2 is 1.79 bits per heavy atom. The van der Waals surface area contributed by atoms with E-state index in [9.17, 15) is 0 Å². The van der Waals surface area contributed by atoms with Gasteiger partial charge in [-0.3, -0.25) is 0 Å². The summed E-state index contributed by atoms with van der Waals surface area (Å²) in [7, 11) is 1.73. The third-order valence-electron chi connectivity index (χ3n) is 5.05. The van der Waals surface area contributed by atoms with E-state index in [2.05, 4.69) is 12.0 Å². The molecule has 8 heteroatoms. The number of hydrogen-bond donors (Lipinski definition) is 1. The SMILES string of the molecule is CCOc1ccc(OCc2nc([C@H]3CC[C@@H](OC)[C@H](N)C3)n(CC)n2)cc1.Cl. The van der Waals surface area contributed by atoms with Crippen molar-refractivity contribution < 1.29 is 14.2 Å². The number of aryl methyl sites for hydroxylation is 1. The van der Waals surface area contributed by atoms with Gasteiger partial charge < -0.3 is 19.9 Å². The summed E-state index contributed by atoms with van der Waals surface area (Å²) in [6, 6.07) is 7.64. The summed E-state index contributed by atoms with van der Waals surface area (Å²) in [4.78, 5) is 4.76. The van der Waals surface area contributed by atoms with Gasteiger partial charge in [0.15, 0.2) is 5.82 Å². The van der Waals surface area contributed by atoms with E-state index in [0.29, 0.717) is 25.0 Å². The third-order valence-corrected chi connectivity index (χ3v) is 5.05. The number of nitrogens with zero attached hydrogens (tertiary/aromatic N) is 3. The molecule has 0 aliphatic heterocycles. The van der Waals surface area contributed by atoms with Gasteiger partial charge in [0.05, 0.1) is 12.7 Å². The van der Waals surface area contributed by atoms with Crippen molar-refractivity contribution in [2.45, 2.75) is 64.3 Å². The molecule has 1 fully saturated rings. The van der Waals surface area contributed by atoms with Crippen LogP contribution in [-0.4, -0.2) is 40.6 Å². The van der Waals surface area contributed by atoms with Gasteiger partial charge in [-0.25, -0.2) is 9.67 Å². The number of rotatable bonds is 8. The molecule has 0 saturated heterocycles. The van der Waals surface area contributed by atoms with E-state index >= 15 is 0 Å². The van der Waals surface area contributed by atoms with Crippen LogP contribution in [-0.2, 0) is 17.9 Å². The molecule has 1 aromatic heterocycles. The van der Waals surface area contributed by atoms with Crippen molar-refractivity contribution in [2.75, 3.05) is 13.7 Å². The summed E-state index contributed by atoms with van der Waals surface area (Å²) in [5.74, 6) is 3.63. The first-order chi connectivity index (χ1) is 13.1. The first kappa shape index (κ1) is 22.5. The normalized spacial score (nSPS) is 21.8. The zero-order chi connectivity index (χ0) is 19.2. The van der Waals surface area contributed by atoms with E-state index in [-0.39, 0.29) is 24.6 Å². The lowest BCUT2D eigenvalue weighted by atomic mass is 9.83. The molecule has 2 N–H and O–H groups in total. The van der Waals surface area contributed by atoms with Crippen LogP contribution in [0.2, 0.25) is 0 Å². The van der Waals surface area contributed by atoms with Crippen LogP contribution in [0.15, 0.2) is 24.3 Å². The van der Waals surface area contributed by atoms with Gasteiger partial charge in [0.25, 0.3) is 0 Å². The fourth-order valence-corrected chi connectivity index (χ4v) is 3.65. The molecule has 1 aliphatic carbocycles. The largest absolute Gasteiger partial charge is 0.494 e. The van der Waals surface area contributed by atoms with Crippen molar-refractivity contribution in [3.8, 4) is 11.5 Å². The van der Waals surface area contributed by atoms with Crippen molar-refractivity contribution in [3.63, 3.8) is 0 Å². The number of halogens is 1. The Morgan fingerprint density at radius 1 is 1.11 bits per heavy atom. The molecule has 2 aromatic rings. The number of nitrogens with two attached hydrogens (primary N) is 1. The molecule has 3 rings (SSSR count). The van der Waals surface area contributed by atoms with Gasteiger partial charge >= 0.3 is 0 Å². The predicted molar refractivity (Wildman–Crippen MR) is 110 cm³/mol. The molecule has 0 bridgehead atoms. The standard InChI is InChI=1S/C20H30N4O3.ClH/c1-4-24-20(14-6-11-18(25-3)17(21)12-14)22-19(23-24)13-27-16-9-7-15(8-10-16)26-5-2;/h7-10,14,17-18H,4-6,11-13,21H2,1-3H3;1H/t14-,17+,18+;/m0./s1. The van der Waals surface area contributed by atoms with Crippen LogP contribution in [0.25, 0.3) is 0 Å². The maximum Gasteiger partial charge on any atom is 0.188 e. The molecule has 1 heterocycles. The van der Waals surface area contributed by atoms with Crippen molar-refractivity contribution in [1.29, 1.82) is 0 Å². The Balaban J connectivity index is 0.00000280. The molecule has 1 aliphatic rings. The van der Waals surface area contributed by atoms with E-state index in [1.165, 1.54) is 0 Å². The minimum Gasteiger partial charge on any atom is -0.494 e. The smallest absolute Gasteiger partial charge is 0.188 e. The minimum atomic E-state index is 0. The van der Waals surface area contributed by atoms with E-state index in [0.717, 1.165) is 43.1 Å². The van der Waals surface area contributed by atoms with Crippen molar-refractivity contribution in [3.05, 3.63) is 35.9 Å². The van der Waals surface area contributed by atoms with Crippen LogP contribution in [0.5, 0.6) is 11.5 Å². The molecule has 0 spiro atoms. The van der Waals surface area contributed by atoms with Gasteiger partial charge in [-0.15, -0.1) is 12.4 Å². The van der Waals surface area contributed by atoms with Crippen molar-refractivity contribution >= 4 is 12.4 Å². The lowest BCUT2D eigenvalue weighted by Gasteiger charge is -2.32. The molecule has 28 heavy (non-hydrogen) atoms. The van der Waals surface area contributed by atoms with E-state index in [1.54, 1.807) is 7.11 Å². The summed E-state index contributed by atoms with van der Waals surface area (Å²) < 4.78 is 18.7. The van der Waals surface area contributed by atoms with Gasteiger partial charge in [-0.1, -0.05) is 0 Å². The maximum absolute atomic E-state index is 6.27. The highest BCUT2D eigenvalue weighted by molar-refractivity contribution is 5.85. The van der Waals surface area contributed by atoms with Crippen molar-refractivity contribution in [1.82, 2.24) is 14.8 Å².